The van der Waals surface area contributed by atoms with Gasteiger partial charge in [-0.05, 0) is 0 Å². The number of hydrogen-bond donors (Lipinski definition) is 2. The van der Waals surface area contributed by atoms with Crippen molar-refractivity contribution >= 4 is 29.2 Å². The molecular weight excluding hydrogens is 132 g/mol. The Kier molecular flexibility index (Phi) is 158. The van der Waals surface area contributed by atoms with Gasteiger partial charge < -0.3 is 29.5 Å². The molecule has 0 aromatic rings. The van der Waals surface area contributed by atoms with Crippen LogP contribution in [0.15, 0.2) is 0 Å². The number of carboxylic acid groups (broad SMARTS) is 2. The van der Waals surface area contributed by atoms with Gasteiger partial charge in [0, 0.05) is 0 Å². The molecule has 0 aliphatic heterocycles. The van der Waals surface area contributed by atoms with Gasteiger partial charge in [0.25, 0.3) is 0 Å². The van der Waals surface area contributed by atoms with Gasteiger partial charge in [-0.3, -0.25) is 0 Å². The Morgan fingerprint density at radius 2 is 1.12 bits per heavy atom. The summed E-state index contributed by atoms with van der Waals surface area (Å²) >= 11 is 0. The molecule has 0 unspecified atom stereocenters. The molecule has 0 aromatic heterocycles. The van der Waals surface area contributed by atoms with Crippen molar-refractivity contribution in [2.24, 2.45) is 0 Å². The monoisotopic (exact) mass is 142 g/mol. The second-order valence-electron chi connectivity index (χ2n) is 0.283. The van der Waals surface area contributed by atoms with E-state index in [0.29, 0.717) is 0 Å². The zero-order chi connectivity index (χ0) is 3.58. The minimum Gasteiger partial charge on any atom is -1.00 e. The SMILES string of the molecule is O.O.O.O=C(O)O.[H-].[H-].[Mg+2]. The molecule has 7 heteroatoms. The maximum atomic E-state index is 8.56. The number of rotatable bonds is 0. The minimum absolute atomic E-state index is 0. The van der Waals surface area contributed by atoms with E-state index >= 15 is 0 Å². The molecule has 0 atom stereocenters. The van der Waals surface area contributed by atoms with Crippen LogP contribution in [0.4, 0.5) is 4.79 Å². The van der Waals surface area contributed by atoms with E-state index in [2.05, 4.69) is 0 Å². The first-order chi connectivity index (χ1) is 1.73. The van der Waals surface area contributed by atoms with Crippen molar-refractivity contribution in [2.45, 2.75) is 0 Å². The first-order valence-electron chi connectivity index (χ1n) is 0.651. The van der Waals surface area contributed by atoms with Crippen molar-refractivity contribution in [3.05, 3.63) is 0 Å². The van der Waals surface area contributed by atoms with Crippen molar-refractivity contribution in [1.29, 1.82) is 0 Å². The molecule has 0 saturated heterocycles. The summed E-state index contributed by atoms with van der Waals surface area (Å²) < 4.78 is 0. The van der Waals surface area contributed by atoms with Crippen molar-refractivity contribution in [1.82, 2.24) is 0 Å². The maximum absolute atomic E-state index is 8.56. The summed E-state index contributed by atoms with van der Waals surface area (Å²) in [4.78, 5) is 8.56. The van der Waals surface area contributed by atoms with Crippen LogP contribution >= 0.6 is 0 Å². The van der Waals surface area contributed by atoms with Gasteiger partial charge in [0.15, 0.2) is 0 Å². The fourth-order valence-electron chi connectivity index (χ4n) is 0. The second-order valence-corrected chi connectivity index (χ2v) is 0.283. The third-order valence-electron chi connectivity index (χ3n) is 0. The third kappa shape index (κ3) is 20400. The number of carbonyl (C=O) groups is 1. The third-order valence-corrected chi connectivity index (χ3v) is 0. The molecule has 6 nitrogen and oxygen atoms in total. The van der Waals surface area contributed by atoms with Crippen molar-refractivity contribution in [3.8, 4) is 0 Å². The molecule has 0 aliphatic carbocycles. The Bertz CT molecular complexity index is 38.7. The minimum atomic E-state index is -1.83. The average Bonchev–Trinajstić information content (AvgIpc) is 0.811. The van der Waals surface area contributed by atoms with E-state index in [0.717, 1.165) is 0 Å². The van der Waals surface area contributed by atoms with Gasteiger partial charge in [-0.1, -0.05) is 0 Å². The second kappa shape index (κ2) is 28.5. The van der Waals surface area contributed by atoms with Crippen molar-refractivity contribution in [2.75, 3.05) is 0 Å². The summed E-state index contributed by atoms with van der Waals surface area (Å²) in [5, 5.41) is 13.9. The summed E-state index contributed by atoms with van der Waals surface area (Å²) in [6, 6.07) is 0. The quantitative estimate of drug-likeness (QED) is 0.362. The molecule has 52 valence electrons. The zero-order valence-corrected chi connectivity index (χ0v) is 5.42. The smallest absolute Gasteiger partial charge is 1.00 e. The van der Waals surface area contributed by atoms with Crippen molar-refractivity contribution < 1.29 is 34.3 Å². The van der Waals surface area contributed by atoms with Crippen LogP contribution in [-0.4, -0.2) is 55.8 Å². The van der Waals surface area contributed by atoms with Crippen LogP contribution in [0, 0.1) is 0 Å². The molecular formula is CH10MgO6. The molecule has 0 rings (SSSR count). The van der Waals surface area contributed by atoms with Gasteiger partial charge in [0.2, 0.25) is 0 Å². The largest absolute Gasteiger partial charge is 2.00 e. The van der Waals surface area contributed by atoms with Gasteiger partial charge >= 0.3 is 29.2 Å². The molecule has 8 N–H and O–H groups in total. The van der Waals surface area contributed by atoms with Crippen LogP contribution in [0.1, 0.15) is 2.85 Å². The van der Waals surface area contributed by atoms with E-state index in [-0.39, 0.29) is 42.3 Å². The number of hydrogen-bond acceptors (Lipinski definition) is 1. The standard InChI is InChI=1S/CH2O3.Mg.3H2O.2H/c2-1(3)4;;;;;;/h(H2,2,3,4);;3*1H2;;/q;+2;;;;2*-1. The molecule has 0 saturated carbocycles. The summed E-state index contributed by atoms with van der Waals surface area (Å²) in [6.07, 6.45) is -1.83. The van der Waals surface area contributed by atoms with Gasteiger partial charge in [-0.25, -0.2) is 4.79 Å². The van der Waals surface area contributed by atoms with Gasteiger partial charge in [-0.2, -0.15) is 0 Å². The Morgan fingerprint density at radius 3 is 1.12 bits per heavy atom. The topological polar surface area (TPSA) is 152 Å². The van der Waals surface area contributed by atoms with Gasteiger partial charge in [0.05, 0.1) is 0 Å². The molecule has 0 heterocycles. The van der Waals surface area contributed by atoms with E-state index in [4.69, 9.17) is 15.0 Å². The summed E-state index contributed by atoms with van der Waals surface area (Å²) in [7, 11) is 0. The van der Waals surface area contributed by atoms with E-state index < -0.39 is 6.16 Å². The van der Waals surface area contributed by atoms with E-state index in [9.17, 15) is 0 Å². The van der Waals surface area contributed by atoms with E-state index in [1.54, 1.807) is 0 Å². The van der Waals surface area contributed by atoms with Crippen LogP contribution in [0.2, 0.25) is 0 Å². The predicted molar refractivity (Wildman–Crippen MR) is 29.5 cm³/mol. The molecule has 0 spiro atoms. The predicted octanol–water partition coefficient (Wildman–Crippen LogP) is -2.41. The molecule has 0 radical (unpaired) electrons. The van der Waals surface area contributed by atoms with Crippen LogP contribution in [0.25, 0.3) is 0 Å². The zero-order valence-electron chi connectivity index (χ0n) is 6.01. The molecule has 0 fully saturated rings. The first kappa shape index (κ1) is 44.5. The van der Waals surface area contributed by atoms with Crippen LogP contribution in [-0.2, 0) is 0 Å². The van der Waals surface area contributed by atoms with Crippen molar-refractivity contribution in [3.63, 3.8) is 0 Å². The van der Waals surface area contributed by atoms with Crippen LogP contribution < -0.4 is 0 Å². The molecule has 0 amide bonds. The molecule has 0 bridgehead atoms. The Hall–Kier alpha value is -0.0838. The Labute approximate surface area is 64.2 Å². The van der Waals surface area contributed by atoms with E-state index in [1.165, 1.54) is 0 Å². The van der Waals surface area contributed by atoms with Crippen LogP contribution in [0.5, 0.6) is 0 Å². The first-order valence-corrected chi connectivity index (χ1v) is 0.651. The summed E-state index contributed by atoms with van der Waals surface area (Å²) in [6.45, 7) is 0. The molecule has 0 aromatic carbocycles. The molecule has 8 heavy (non-hydrogen) atoms. The fourth-order valence-corrected chi connectivity index (χ4v) is 0. The fraction of sp³-hybridized carbons (Fsp3) is 0. The van der Waals surface area contributed by atoms with Crippen LogP contribution in [0.3, 0.4) is 0 Å². The summed E-state index contributed by atoms with van der Waals surface area (Å²) in [5.74, 6) is 0. The van der Waals surface area contributed by atoms with Gasteiger partial charge in [-0.15, -0.1) is 0 Å². The molecule has 0 aliphatic rings. The Balaban J connectivity index is -0.00000000300. The summed E-state index contributed by atoms with van der Waals surface area (Å²) in [5.41, 5.74) is 0. The van der Waals surface area contributed by atoms with Gasteiger partial charge in [0.1, 0.15) is 0 Å². The Morgan fingerprint density at radius 1 is 1.12 bits per heavy atom. The normalized spacial score (nSPS) is 3.00. The van der Waals surface area contributed by atoms with E-state index in [1.807, 2.05) is 0 Å². The average molecular weight is 142 g/mol. The maximum Gasteiger partial charge on any atom is 2.00 e.